The summed E-state index contributed by atoms with van der Waals surface area (Å²) in [6.45, 7) is 0.703. The molecule has 1 atom stereocenters. The first-order chi connectivity index (χ1) is 14.9. The Hall–Kier alpha value is -2.92. The second-order valence-electron chi connectivity index (χ2n) is 8.52. The molecule has 1 saturated heterocycles. The minimum atomic E-state index is -4.63. The number of hydrogen-bond donors (Lipinski definition) is 2. The summed E-state index contributed by atoms with van der Waals surface area (Å²) in [5, 5.41) is 9.99. The fourth-order valence-electron chi connectivity index (χ4n) is 3.77. The van der Waals surface area contributed by atoms with Crippen LogP contribution in [0.3, 0.4) is 0 Å². The molecule has 0 radical (unpaired) electrons. The maximum Gasteiger partial charge on any atom is 0.422 e. The molecule has 1 unspecified atom stereocenters. The smallest absolute Gasteiger partial charge is 0.422 e. The maximum atomic E-state index is 13.3. The van der Waals surface area contributed by atoms with Gasteiger partial charge in [-0.25, -0.2) is 13.8 Å². The molecule has 0 bridgehead atoms. The Bertz CT molecular complexity index is 1010. The van der Waals surface area contributed by atoms with E-state index >= 15 is 0 Å². The van der Waals surface area contributed by atoms with Gasteiger partial charge in [-0.15, -0.1) is 0 Å². The van der Waals surface area contributed by atoms with Gasteiger partial charge in [0.15, 0.2) is 6.61 Å². The standard InChI is InChI=1S/C20H22F5N5O2/c1-11-5-16(29-28-11)18(2,12-3-4-12)27-17(31)13-6-15(32-10-20(23,24)25)14(7-26-13)30-8-19(21,22)9-30/h5-7,12H,3-4,8-10H2,1-2H3,(H,27,31)(H,28,29). The molecule has 1 aliphatic carbocycles. The quantitative estimate of drug-likeness (QED) is 0.619. The lowest BCUT2D eigenvalue weighted by atomic mass is 9.91. The van der Waals surface area contributed by atoms with Crippen LogP contribution in [0, 0.1) is 12.8 Å². The molecule has 3 heterocycles. The summed E-state index contributed by atoms with van der Waals surface area (Å²) in [6, 6.07) is 2.87. The summed E-state index contributed by atoms with van der Waals surface area (Å²) in [4.78, 5) is 18.1. The van der Waals surface area contributed by atoms with E-state index in [2.05, 4.69) is 20.5 Å². The molecule has 0 aromatic carbocycles. The molecule has 1 saturated carbocycles. The molecular weight excluding hydrogens is 437 g/mol. The van der Waals surface area contributed by atoms with E-state index in [-0.39, 0.29) is 23.0 Å². The molecule has 4 rings (SSSR count). The first-order valence-corrected chi connectivity index (χ1v) is 10.0. The Labute approximate surface area is 180 Å². The SMILES string of the molecule is Cc1cc(C(C)(NC(=O)c2cc(OCC(F)(F)F)c(N3CC(F)(F)C3)cn2)C2CC2)n[nH]1. The summed E-state index contributed by atoms with van der Waals surface area (Å²) in [7, 11) is 0. The van der Waals surface area contributed by atoms with E-state index in [1.807, 2.05) is 19.9 Å². The third-order valence-corrected chi connectivity index (χ3v) is 5.66. The van der Waals surface area contributed by atoms with E-state index < -0.39 is 43.2 Å². The third kappa shape index (κ3) is 4.63. The zero-order chi connectivity index (χ0) is 23.3. The second kappa shape index (κ2) is 7.59. The average Bonchev–Trinajstić information content (AvgIpc) is 3.45. The normalized spacial score (nSPS) is 19.8. The van der Waals surface area contributed by atoms with Crippen LogP contribution in [0.25, 0.3) is 0 Å². The summed E-state index contributed by atoms with van der Waals surface area (Å²) in [5.74, 6) is -3.75. The molecule has 174 valence electrons. The van der Waals surface area contributed by atoms with Gasteiger partial charge in [0.2, 0.25) is 0 Å². The van der Waals surface area contributed by atoms with Crippen molar-refractivity contribution in [1.29, 1.82) is 0 Å². The van der Waals surface area contributed by atoms with Crippen LogP contribution in [0.4, 0.5) is 27.6 Å². The average molecular weight is 459 g/mol. The van der Waals surface area contributed by atoms with Gasteiger partial charge in [-0.3, -0.25) is 9.89 Å². The number of hydrogen-bond acceptors (Lipinski definition) is 5. The monoisotopic (exact) mass is 459 g/mol. The maximum absolute atomic E-state index is 13.3. The van der Waals surface area contributed by atoms with Gasteiger partial charge < -0.3 is 15.0 Å². The van der Waals surface area contributed by atoms with E-state index in [9.17, 15) is 26.7 Å². The minimum Gasteiger partial charge on any atom is -0.482 e. The topological polar surface area (TPSA) is 83.1 Å². The zero-order valence-corrected chi connectivity index (χ0v) is 17.4. The fourth-order valence-corrected chi connectivity index (χ4v) is 3.77. The van der Waals surface area contributed by atoms with Crippen molar-refractivity contribution in [1.82, 2.24) is 20.5 Å². The van der Waals surface area contributed by atoms with E-state index in [4.69, 9.17) is 4.74 Å². The zero-order valence-electron chi connectivity index (χ0n) is 17.4. The van der Waals surface area contributed by atoms with Gasteiger partial charge >= 0.3 is 6.18 Å². The van der Waals surface area contributed by atoms with Gasteiger partial charge in [-0.05, 0) is 38.7 Å². The molecule has 0 spiro atoms. The van der Waals surface area contributed by atoms with E-state index in [0.29, 0.717) is 5.69 Å². The molecule has 2 aromatic heterocycles. The van der Waals surface area contributed by atoms with Crippen molar-refractivity contribution >= 4 is 11.6 Å². The second-order valence-corrected chi connectivity index (χ2v) is 8.52. The third-order valence-electron chi connectivity index (χ3n) is 5.66. The lowest BCUT2D eigenvalue weighted by molar-refractivity contribution is -0.153. The van der Waals surface area contributed by atoms with Crippen LogP contribution in [-0.2, 0) is 5.54 Å². The number of nitrogens with one attached hydrogen (secondary N) is 2. The Kier molecular flexibility index (Phi) is 5.29. The van der Waals surface area contributed by atoms with Crippen molar-refractivity contribution < 1.29 is 31.5 Å². The Balaban J connectivity index is 1.58. The lowest BCUT2D eigenvalue weighted by Crippen LogP contribution is -2.56. The molecule has 2 N–H and O–H groups in total. The van der Waals surface area contributed by atoms with Crippen molar-refractivity contribution in [3.05, 3.63) is 35.4 Å². The summed E-state index contributed by atoms with van der Waals surface area (Å²) < 4.78 is 69.5. The van der Waals surface area contributed by atoms with E-state index in [1.165, 1.54) is 0 Å². The van der Waals surface area contributed by atoms with E-state index in [1.54, 1.807) is 0 Å². The van der Waals surface area contributed by atoms with Gasteiger partial charge in [-0.1, -0.05) is 0 Å². The number of anilines is 1. The van der Waals surface area contributed by atoms with Crippen LogP contribution < -0.4 is 15.0 Å². The molecule has 7 nitrogen and oxygen atoms in total. The van der Waals surface area contributed by atoms with Gasteiger partial charge in [0, 0.05) is 11.8 Å². The van der Waals surface area contributed by atoms with Gasteiger partial charge in [0.25, 0.3) is 11.8 Å². The fraction of sp³-hybridized carbons (Fsp3) is 0.550. The number of rotatable bonds is 7. The first-order valence-electron chi connectivity index (χ1n) is 10.0. The number of aryl methyl sites for hydroxylation is 1. The number of ether oxygens (including phenoxy) is 1. The molecule has 1 amide bonds. The number of carbonyl (C=O) groups excluding carboxylic acids is 1. The Morgan fingerprint density at radius 3 is 2.53 bits per heavy atom. The van der Waals surface area contributed by atoms with Crippen molar-refractivity contribution in [3.63, 3.8) is 0 Å². The van der Waals surface area contributed by atoms with Crippen LogP contribution in [-0.4, -0.2) is 52.9 Å². The highest BCUT2D eigenvalue weighted by Gasteiger charge is 2.47. The van der Waals surface area contributed by atoms with Crippen LogP contribution in [0.5, 0.6) is 5.75 Å². The molecule has 2 fully saturated rings. The number of alkyl halides is 5. The highest BCUT2D eigenvalue weighted by molar-refractivity contribution is 5.94. The molecule has 1 aliphatic heterocycles. The molecule has 12 heteroatoms. The first kappa shape index (κ1) is 22.3. The largest absolute Gasteiger partial charge is 0.482 e. The number of aromatic amines is 1. The van der Waals surface area contributed by atoms with Gasteiger partial charge in [-0.2, -0.15) is 18.3 Å². The molecule has 32 heavy (non-hydrogen) atoms. The van der Waals surface area contributed by atoms with Crippen molar-refractivity contribution in [2.45, 2.75) is 44.3 Å². The number of aromatic nitrogens is 3. The number of halogens is 5. The van der Waals surface area contributed by atoms with Crippen LogP contribution in [0.15, 0.2) is 18.3 Å². The van der Waals surface area contributed by atoms with Crippen molar-refractivity contribution in [3.8, 4) is 5.75 Å². The highest BCUT2D eigenvalue weighted by atomic mass is 19.4. The van der Waals surface area contributed by atoms with E-state index in [0.717, 1.165) is 35.7 Å². The number of nitrogens with zero attached hydrogens (tertiary/aromatic N) is 3. The molecule has 2 aliphatic rings. The Morgan fingerprint density at radius 1 is 1.31 bits per heavy atom. The number of H-pyrrole nitrogens is 1. The number of pyridine rings is 1. The predicted octanol–water partition coefficient (Wildman–Crippen LogP) is 3.56. The highest BCUT2D eigenvalue weighted by Crippen LogP contribution is 2.45. The van der Waals surface area contributed by atoms with Gasteiger partial charge in [0.1, 0.15) is 11.4 Å². The summed E-state index contributed by atoms with van der Waals surface area (Å²) in [6.07, 6.45) is -1.77. The predicted molar refractivity (Wildman–Crippen MR) is 104 cm³/mol. The molecular formula is C20H22F5N5O2. The van der Waals surface area contributed by atoms with Crippen LogP contribution in [0.1, 0.15) is 41.6 Å². The van der Waals surface area contributed by atoms with Crippen LogP contribution in [0.2, 0.25) is 0 Å². The lowest BCUT2D eigenvalue weighted by Gasteiger charge is -2.40. The number of carbonyl (C=O) groups is 1. The van der Waals surface area contributed by atoms with Gasteiger partial charge in [0.05, 0.1) is 36.2 Å². The van der Waals surface area contributed by atoms with Crippen molar-refractivity contribution in [2.75, 3.05) is 24.6 Å². The van der Waals surface area contributed by atoms with Crippen molar-refractivity contribution in [2.24, 2.45) is 5.92 Å². The molecule has 2 aromatic rings. The number of amides is 1. The van der Waals surface area contributed by atoms with Crippen LogP contribution >= 0.6 is 0 Å². The Morgan fingerprint density at radius 2 is 2.00 bits per heavy atom. The summed E-state index contributed by atoms with van der Waals surface area (Å²) >= 11 is 0. The minimum absolute atomic E-state index is 0.0235. The summed E-state index contributed by atoms with van der Waals surface area (Å²) in [5.41, 5.74) is 0.452.